The first-order valence-electron chi connectivity index (χ1n) is 7.09. The second-order valence-corrected chi connectivity index (χ2v) is 5.59. The lowest BCUT2D eigenvalue weighted by molar-refractivity contribution is 0.944. The first-order chi connectivity index (χ1) is 9.58. The summed E-state index contributed by atoms with van der Waals surface area (Å²) in [6, 6.07) is 17.4. The van der Waals surface area contributed by atoms with Crippen molar-refractivity contribution in [1.82, 2.24) is 0 Å². The first kappa shape index (κ1) is 14.4. The smallest absolute Gasteiger partial charge is 0.0393 e. The number of benzene rings is 2. The molecule has 20 heavy (non-hydrogen) atoms. The van der Waals surface area contributed by atoms with E-state index in [1.165, 1.54) is 22.5 Å². The average Bonchev–Trinajstić information content (AvgIpc) is 2.45. The SMILES string of the molecule is CN(C)c1cccc(CCc2ccccc2N(C)C)c1. The Hall–Kier alpha value is -1.96. The van der Waals surface area contributed by atoms with Crippen molar-refractivity contribution in [2.45, 2.75) is 12.8 Å². The van der Waals surface area contributed by atoms with Gasteiger partial charge in [-0.2, -0.15) is 0 Å². The van der Waals surface area contributed by atoms with Crippen LogP contribution < -0.4 is 9.80 Å². The summed E-state index contributed by atoms with van der Waals surface area (Å²) in [4.78, 5) is 4.34. The van der Waals surface area contributed by atoms with Crippen molar-refractivity contribution < 1.29 is 0 Å². The molecular weight excluding hydrogens is 244 g/mol. The third-order valence-corrected chi connectivity index (χ3v) is 3.58. The monoisotopic (exact) mass is 268 g/mol. The lowest BCUT2D eigenvalue weighted by atomic mass is 10.0. The van der Waals surface area contributed by atoms with Crippen molar-refractivity contribution in [3.05, 3.63) is 59.7 Å². The molecule has 0 bridgehead atoms. The van der Waals surface area contributed by atoms with Gasteiger partial charge in [0.1, 0.15) is 0 Å². The molecule has 0 aliphatic carbocycles. The molecule has 2 aromatic carbocycles. The Morgan fingerprint density at radius 1 is 0.750 bits per heavy atom. The van der Waals surface area contributed by atoms with Crippen LogP contribution in [0.4, 0.5) is 11.4 Å². The number of rotatable bonds is 5. The van der Waals surface area contributed by atoms with Gasteiger partial charge < -0.3 is 9.80 Å². The fourth-order valence-corrected chi connectivity index (χ4v) is 2.43. The van der Waals surface area contributed by atoms with Crippen LogP contribution in [0.15, 0.2) is 48.5 Å². The standard InChI is InChI=1S/C18H24N2/c1-19(2)17-10-7-8-15(14-17)12-13-16-9-5-6-11-18(16)20(3)4/h5-11,14H,12-13H2,1-4H3. The fourth-order valence-electron chi connectivity index (χ4n) is 2.43. The Kier molecular flexibility index (Phi) is 4.67. The van der Waals surface area contributed by atoms with E-state index in [0.717, 1.165) is 12.8 Å². The van der Waals surface area contributed by atoms with E-state index < -0.39 is 0 Å². The summed E-state index contributed by atoms with van der Waals surface area (Å²) in [5, 5.41) is 0. The summed E-state index contributed by atoms with van der Waals surface area (Å²) >= 11 is 0. The highest BCUT2D eigenvalue weighted by atomic mass is 15.1. The van der Waals surface area contributed by atoms with E-state index in [1.54, 1.807) is 0 Å². The maximum absolute atomic E-state index is 2.28. The molecule has 2 aromatic rings. The molecular formula is C18H24N2. The molecule has 0 heterocycles. The molecule has 0 aliphatic heterocycles. The van der Waals surface area contributed by atoms with Gasteiger partial charge in [0.05, 0.1) is 0 Å². The van der Waals surface area contributed by atoms with E-state index in [9.17, 15) is 0 Å². The third-order valence-electron chi connectivity index (χ3n) is 3.58. The molecule has 0 unspecified atom stereocenters. The lowest BCUT2D eigenvalue weighted by Gasteiger charge is -2.18. The molecule has 0 aromatic heterocycles. The summed E-state index contributed by atoms with van der Waals surface area (Å²) in [5.74, 6) is 0. The number of hydrogen-bond acceptors (Lipinski definition) is 2. The Bertz CT molecular complexity index is 559. The number of anilines is 2. The molecule has 2 nitrogen and oxygen atoms in total. The maximum Gasteiger partial charge on any atom is 0.0393 e. The van der Waals surface area contributed by atoms with Gasteiger partial charge in [-0.3, -0.25) is 0 Å². The van der Waals surface area contributed by atoms with Crippen LogP contribution in [0.1, 0.15) is 11.1 Å². The normalized spacial score (nSPS) is 10.4. The Labute approximate surface area is 122 Å². The van der Waals surface area contributed by atoms with E-state index in [0.29, 0.717) is 0 Å². The predicted octanol–water partition coefficient (Wildman–Crippen LogP) is 3.60. The van der Waals surface area contributed by atoms with Gasteiger partial charge in [-0.1, -0.05) is 30.3 Å². The Morgan fingerprint density at radius 2 is 1.50 bits per heavy atom. The first-order valence-corrected chi connectivity index (χ1v) is 7.09. The van der Waals surface area contributed by atoms with Crippen LogP contribution in [0.25, 0.3) is 0 Å². The van der Waals surface area contributed by atoms with Crippen molar-refractivity contribution in [3.8, 4) is 0 Å². The van der Waals surface area contributed by atoms with Crippen molar-refractivity contribution in [2.24, 2.45) is 0 Å². The maximum atomic E-state index is 2.28. The van der Waals surface area contributed by atoms with Gasteiger partial charge in [0.25, 0.3) is 0 Å². The van der Waals surface area contributed by atoms with E-state index >= 15 is 0 Å². The second kappa shape index (κ2) is 6.47. The molecule has 0 radical (unpaired) electrons. The molecule has 2 heteroatoms. The van der Waals surface area contributed by atoms with Crippen LogP contribution in [0.5, 0.6) is 0 Å². The van der Waals surface area contributed by atoms with Crippen molar-refractivity contribution >= 4 is 11.4 Å². The minimum Gasteiger partial charge on any atom is -0.378 e. The quantitative estimate of drug-likeness (QED) is 0.817. The van der Waals surface area contributed by atoms with Crippen LogP contribution in [-0.4, -0.2) is 28.2 Å². The molecule has 0 saturated carbocycles. The van der Waals surface area contributed by atoms with Gasteiger partial charge >= 0.3 is 0 Å². The zero-order valence-electron chi connectivity index (χ0n) is 12.9. The van der Waals surface area contributed by atoms with E-state index in [2.05, 4.69) is 86.5 Å². The van der Waals surface area contributed by atoms with Gasteiger partial charge in [-0.15, -0.1) is 0 Å². The number of nitrogens with zero attached hydrogens (tertiary/aromatic N) is 2. The van der Waals surface area contributed by atoms with Crippen LogP contribution in [-0.2, 0) is 12.8 Å². The molecule has 106 valence electrons. The van der Waals surface area contributed by atoms with Gasteiger partial charge in [0.15, 0.2) is 0 Å². The molecule has 0 aliphatic rings. The van der Waals surface area contributed by atoms with E-state index in [4.69, 9.17) is 0 Å². The molecule has 0 amide bonds. The largest absolute Gasteiger partial charge is 0.378 e. The predicted molar refractivity (Wildman–Crippen MR) is 88.9 cm³/mol. The molecule has 0 saturated heterocycles. The minimum atomic E-state index is 1.07. The Balaban J connectivity index is 2.11. The van der Waals surface area contributed by atoms with Crippen LogP contribution >= 0.6 is 0 Å². The highest BCUT2D eigenvalue weighted by molar-refractivity contribution is 5.53. The summed E-state index contributed by atoms with van der Waals surface area (Å²) in [6.45, 7) is 0. The van der Waals surface area contributed by atoms with Crippen LogP contribution in [0, 0.1) is 0 Å². The molecule has 2 rings (SSSR count). The average molecular weight is 268 g/mol. The van der Waals surface area contributed by atoms with Crippen LogP contribution in [0.2, 0.25) is 0 Å². The molecule has 0 atom stereocenters. The molecule has 0 N–H and O–H groups in total. The van der Waals surface area contributed by atoms with Gasteiger partial charge in [-0.25, -0.2) is 0 Å². The zero-order valence-corrected chi connectivity index (χ0v) is 12.9. The zero-order chi connectivity index (χ0) is 14.5. The topological polar surface area (TPSA) is 6.48 Å². The van der Waals surface area contributed by atoms with Crippen molar-refractivity contribution in [3.63, 3.8) is 0 Å². The van der Waals surface area contributed by atoms with Crippen LogP contribution in [0.3, 0.4) is 0 Å². The fraction of sp³-hybridized carbons (Fsp3) is 0.333. The highest BCUT2D eigenvalue weighted by Gasteiger charge is 2.04. The van der Waals surface area contributed by atoms with Gasteiger partial charge in [0.2, 0.25) is 0 Å². The number of aryl methyl sites for hydroxylation is 2. The van der Waals surface area contributed by atoms with E-state index in [1.807, 2.05) is 0 Å². The second-order valence-electron chi connectivity index (χ2n) is 5.59. The summed E-state index contributed by atoms with van der Waals surface area (Å²) in [7, 11) is 8.37. The van der Waals surface area contributed by atoms with Crippen molar-refractivity contribution in [1.29, 1.82) is 0 Å². The minimum absolute atomic E-state index is 1.07. The summed E-state index contributed by atoms with van der Waals surface area (Å²) in [5.41, 5.74) is 5.39. The van der Waals surface area contributed by atoms with Gasteiger partial charge in [-0.05, 0) is 42.2 Å². The Morgan fingerprint density at radius 3 is 2.20 bits per heavy atom. The van der Waals surface area contributed by atoms with Crippen molar-refractivity contribution in [2.75, 3.05) is 38.0 Å². The van der Waals surface area contributed by atoms with Gasteiger partial charge in [0, 0.05) is 39.6 Å². The molecule has 0 spiro atoms. The number of hydrogen-bond donors (Lipinski definition) is 0. The summed E-state index contributed by atoms with van der Waals surface area (Å²) in [6.07, 6.45) is 2.15. The lowest BCUT2D eigenvalue weighted by Crippen LogP contribution is -2.11. The van der Waals surface area contributed by atoms with E-state index in [-0.39, 0.29) is 0 Å². The summed E-state index contributed by atoms with van der Waals surface area (Å²) < 4.78 is 0. The number of para-hydroxylation sites is 1. The third kappa shape index (κ3) is 3.53. The highest BCUT2D eigenvalue weighted by Crippen LogP contribution is 2.21. The molecule has 0 fully saturated rings.